The molecule has 0 radical (unpaired) electrons. The first kappa shape index (κ1) is 21.9. The Morgan fingerprint density at radius 1 is 0.893 bits per heavy atom. The molecule has 0 amide bonds. The van der Waals surface area contributed by atoms with Crippen LogP contribution in [0.3, 0.4) is 0 Å². The number of aromatic carboxylic acids is 1. The number of carboxylic acids is 1. The van der Waals surface area contributed by atoms with Gasteiger partial charge in [0.1, 0.15) is 0 Å². The highest BCUT2D eigenvalue weighted by molar-refractivity contribution is 5.88. The first-order valence-corrected chi connectivity index (χ1v) is 10.1. The molecule has 1 N–H and O–H groups in total. The van der Waals surface area contributed by atoms with E-state index in [4.69, 9.17) is 5.11 Å². The van der Waals surface area contributed by atoms with Crippen molar-refractivity contribution in [3.8, 4) is 0 Å². The molecule has 150 valence electrons. The number of benzene rings is 2. The van der Waals surface area contributed by atoms with E-state index >= 15 is 0 Å². The van der Waals surface area contributed by atoms with Crippen molar-refractivity contribution in [2.75, 3.05) is 0 Å². The Kier molecular flexibility index (Phi) is 6.54. The molecule has 3 rings (SSSR count). The zero-order valence-corrected chi connectivity index (χ0v) is 18.4. The minimum absolute atomic E-state index is 0.327. The van der Waals surface area contributed by atoms with Crippen molar-refractivity contribution in [1.82, 2.24) is 0 Å². The second kappa shape index (κ2) is 8.34. The van der Waals surface area contributed by atoms with E-state index in [1.54, 1.807) is 23.3 Å². The van der Waals surface area contributed by atoms with E-state index < -0.39 is 5.97 Å². The number of hydrogen-bond acceptors (Lipinski definition) is 1. The van der Waals surface area contributed by atoms with Crippen molar-refractivity contribution in [1.29, 1.82) is 0 Å². The summed E-state index contributed by atoms with van der Waals surface area (Å²) >= 11 is 0. The fourth-order valence-corrected chi connectivity index (χ4v) is 3.74. The maximum Gasteiger partial charge on any atom is 0.335 e. The number of carboxylic acid groups (broad SMARTS) is 1. The van der Waals surface area contributed by atoms with Gasteiger partial charge in [-0.2, -0.15) is 0 Å². The number of hydrogen-bond donors (Lipinski definition) is 1. The third-order valence-electron chi connectivity index (χ3n) is 6.03. The number of carbonyl (C=O) groups is 1. The summed E-state index contributed by atoms with van der Waals surface area (Å²) < 4.78 is 0. The van der Waals surface area contributed by atoms with Gasteiger partial charge in [-0.15, -0.1) is 0 Å². The Labute approximate surface area is 170 Å². The molecule has 0 atom stereocenters. The van der Waals surface area contributed by atoms with Gasteiger partial charge in [0.2, 0.25) is 0 Å². The molecule has 0 heterocycles. The lowest BCUT2D eigenvalue weighted by Crippen LogP contribution is -2.33. The van der Waals surface area contributed by atoms with E-state index in [0.717, 1.165) is 11.1 Å². The molecule has 28 heavy (non-hydrogen) atoms. The summed E-state index contributed by atoms with van der Waals surface area (Å²) in [5.74, 6) is -0.885. The third kappa shape index (κ3) is 4.92. The Morgan fingerprint density at radius 2 is 1.39 bits per heavy atom. The molecule has 0 saturated heterocycles. The minimum atomic E-state index is -0.885. The third-order valence-corrected chi connectivity index (χ3v) is 6.03. The number of fused-ring (bicyclic) bond motifs is 1. The van der Waals surface area contributed by atoms with Crippen LogP contribution in [0.5, 0.6) is 0 Å². The van der Waals surface area contributed by atoms with Crippen LogP contribution < -0.4 is 0 Å². The van der Waals surface area contributed by atoms with Crippen molar-refractivity contribution < 1.29 is 9.90 Å². The highest BCUT2D eigenvalue weighted by Gasteiger charge is 2.36. The SMILES string of the molecule is C/C=C(\C)c1ccc(C(=O)O)cc1.Cc1ccc2c(c1)C(C)(C)CCC2(C)C. The van der Waals surface area contributed by atoms with Crippen LogP contribution in [0, 0.1) is 6.92 Å². The van der Waals surface area contributed by atoms with Gasteiger partial charge in [-0.3, -0.25) is 0 Å². The molecule has 1 aliphatic carbocycles. The Bertz CT molecular complexity index is 868. The molecule has 0 bridgehead atoms. The summed E-state index contributed by atoms with van der Waals surface area (Å²) in [6, 6.07) is 13.8. The van der Waals surface area contributed by atoms with Gasteiger partial charge in [-0.1, -0.05) is 69.7 Å². The topological polar surface area (TPSA) is 37.3 Å². The fraction of sp³-hybridized carbons (Fsp3) is 0.423. The van der Waals surface area contributed by atoms with Crippen molar-refractivity contribution in [3.05, 3.63) is 76.4 Å². The predicted octanol–water partition coefficient (Wildman–Crippen LogP) is 7.15. The normalized spacial score (nSPS) is 17.2. The van der Waals surface area contributed by atoms with E-state index in [1.165, 1.54) is 18.4 Å². The fourth-order valence-electron chi connectivity index (χ4n) is 3.74. The van der Waals surface area contributed by atoms with Gasteiger partial charge in [-0.05, 0) is 78.8 Å². The first-order chi connectivity index (χ1) is 13.0. The van der Waals surface area contributed by atoms with Crippen LogP contribution in [0.25, 0.3) is 5.57 Å². The maximum atomic E-state index is 10.5. The van der Waals surface area contributed by atoms with Gasteiger partial charge in [-0.25, -0.2) is 4.79 Å². The summed E-state index contributed by atoms with van der Waals surface area (Å²) in [5, 5.41) is 8.66. The van der Waals surface area contributed by atoms with Crippen LogP contribution in [0.15, 0.2) is 48.5 Å². The van der Waals surface area contributed by atoms with Crippen LogP contribution in [0.1, 0.15) is 87.0 Å². The molecule has 0 unspecified atom stereocenters. The van der Waals surface area contributed by atoms with Crippen LogP contribution in [-0.2, 0) is 10.8 Å². The molecule has 0 spiro atoms. The quantitative estimate of drug-likeness (QED) is 0.602. The molecule has 0 fully saturated rings. The average Bonchev–Trinajstić information content (AvgIpc) is 2.65. The van der Waals surface area contributed by atoms with Crippen molar-refractivity contribution in [2.45, 2.75) is 72.1 Å². The van der Waals surface area contributed by atoms with Gasteiger partial charge in [0.15, 0.2) is 0 Å². The summed E-state index contributed by atoms with van der Waals surface area (Å²) in [6.45, 7) is 15.6. The minimum Gasteiger partial charge on any atom is -0.478 e. The average molecular weight is 379 g/mol. The Balaban J connectivity index is 0.000000203. The molecular weight excluding hydrogens is 344 g/mol. The van der Waals surface area contributed by atoms with Gasteiger partial charge in [0.05, 0.1) is 5.56 Å². The molecule has 2 nitrogen and oxygen atoms in total. The number of allylic oxidation sites excluding steroid dienone is 2. The highest BCUT2D eigenvalue weighted by atomic mass is 16.4. The Hall–Kier alpha value is -2.35. The molecule has 2 aromatic carbocycles. The lowest BCUT2D eigenvalue weighted by atomic mass is 9.63. The number of aryl methyl sites for hydroxylation is 1. The van der Waals surface area contributed by atoms with Gasteiger partial charge < -0.3 is 5.11 Å². The molecule has 2 aromatic rings. The van der Waals surface area contributed by atoms with Crippen molar-refractivity contribution >= 4 is 11.5 Å². The molecule has 2 heteroatoms. The molecular formula is C26H34O2. The predicted molar refractivity (Wildman–Crippen MR) is 119 cm³/mol. The summed E-state index contributed by atoms with van der Waals surface area (Å²) in [5.41, 5.74) is 7.77. The maximum absolute atomic E-state index is 10.5. The molecule has 1 aliphatic rings. The lowest BCUT2D eigenvalue weighted by molar-refractivity contribution is 0.0697. The zero-order chi connectivity index (χ0) is 21.1. The van der Waals surface area contributed by atoms with Crippen LogP contribution >= 0.6 is 0 Å². The van der Waals surface area contributed by atoms with Gasteiger partial charge in [0.25, 0.3) is 0 Å². The molecule has 0 aliphatic heterocycles. The second-order valence-electron chi connectivity index (χ2n) is 9.17. The Morgan fingerprint density at radius 3 is 1.89 bits per heavy atom. The van der Waals surface area contributed by atoms with Gasteiger partial charge in [0, 0.05) is 0 Å². The summed E-state index contributed by atoms with van der Waals surface area (Å²) in [6.07, 6.45) is 4.60. The van der Waals surface area contributed by atoms with Crippen LogP contribution in [0.4, 0.5) is 0 Å². The van der Waals surface area contributed by atoms with Crippen molar-refractivity contribution in [2.24, 2.45) is 0 Å². The molecule has 0 aromatic heterocycles. The van der Waals surface area contributed by atoms with E-state index in [9.17, 15) is 4.79 Å². The summed E-state index contributed by atoms with van der Waals surface area (Å²) in [7, 11) is 0. The summed E-state index contributed by atoms with van der Waals surface area (Å²) in [4.78, 5) is 10.5. The first-order valence-electron chi connectivity index (χ1n) is 10.1. The van der Waals surface area contributed by atoms with E-state index in [0.29, 0.717) is 16.4 Å². The number of rotatable bonds is 2. The van der Waals surface area contributed by atoms with Crippen molar-refractivity contribution in [3.63, 3.8) is 0 Å². The van der Waals surface area contributed by atoms with E-state index in [1.807, 2.05) is 32.1 Å². The van der Waals surface area contributed by atoms with E-state index in [2.05, 4.69) is 52.8 Å². The lowest BCUT2D eigenvalue weighted by Gasteiger charge is -2.42. The van der Waals surface area contributed by atoms with Crippen LogP contribution in [-0.4, -0.2) is 11.1 Å². The van der Waals surface area contributed by atoms with Crippen LogP contribution in [0.2, 0.25) is 0 Å². The highest BCUT2D eigenvalue weighted by Crippen LogP contribution is 2.45. The zero-order valence-electron chi connectivity index (χ0n) is 18.4. The van der Waals surface area contributed by atoms with Gasteiger partial charge >= 0.3 is 5.97 Å². The van der Waals surface area contributed by atoms with E-state index in [-0.39, 0.29) is 0 Å². The smallest absolute Gasteiger partial charge is 0.335 e. The largest absolute Gasteiger partial charge is 0.478 e. The monoisotopic (exact) mass is 378 g/mol. The molecule has 0 saturated carbocycles. The standard InChI is InChI=1S/C15H22.C11H12O2/c1-11-6-7-12-13(10-11)15(4,5)9-8-14(12,2)3;1-3-8(2)9-4-6-10(7-5-9)11(12)13/h6-7,10H,8-9H2,1-5H3;3-7H,1-2H3,(H,12,13)/b;8-3+. The second-order valence-corrected chi connectivity index (χ2v) is 9.17.